The van der Waals surface area contributed by atoms with Gasteiger partial charge in [-0.05, 0) is 6.42 Å². The second-order valence-electron chi connectivity index (χ2n) is 3.24. The summed E-state index contributed by atoms with van der Waals surface area (Å²) in [6.45, 7) is 0. The molecule has 0 N–H and O–H groups in total. The molecule has 0 saturated carbocycles. The Kier molecular flexibility index (Phi) is 4.77. The van der Waals surface area contributed by atoms with E-state index in [0.29, 0.717) is 11.5 Å². The fourth-order valence-corrected chi connectivity index (χ4v) is 1.76. The lowest BCUT2D eigenvalue weighted by Crippen LogP contribution is -2.35. The van der Waals surface area contributed by atoms with E-state index in [2.05, 4.69) is 0 Å². The molecule has 1 fully saturated rings. The summed E-state index contributed by atoms with van der Waals surface area (Å²) in [7, 11) is -5.92. The molecule has 0 unspecified atom stereocenters. The van der Waals surface area contributed by atoms with Crippen LogP contribution in [0.1, 0.15) is 6.42 Å². The van der Waals surface area contributed by atoms with E-state index < -0.39 is 25.4 Å². The zero-order chi connectivity index (χ0) is 13.2. The fourth-order valence-electron chi connectivity index (χ4n) is 0.587. The van der Waals surface area contributed by atoms with Crippen molar-refractivity contribution in [3.63, 3.8) is 0 Å². The van der Waals surface area contributed by atoms with Crippen LogP contribution < -0.4 is 0 Å². The highest BCUT2D eigenvalue weighted by Gasteiger charge is 2.47. The standard InChI is InChI=1S/C3H6F3NO2S.C3H6O2S/c1-7(2)10(8,9)3(4,5)6;4-6(5)2-1-3-6/h1-2H3;1-3H2. The molecular weight excluding hydrogens is 271 g/mol. The Bertz CT molecular complexity index is 413. The number of alkyl halides is 3. The van der Waals surface area contributed by atoms with Crippen LogP contribution in [0.15, 0.2) is 0 Å². The normalized spacial score (nSPS) is 19.6. The van der Waals surface area contributed by atoms with E-state index in [1.165, 1.54) is 0 Å². The summed E-state index contributed by atoms with van der Waals surface area (Å²) >= 11 is 0. The molecule has 0 aromatic heterocycles. The van der Waals surface area contributed by atoms with Crippen molar-refractivity contribution in [2.75, 3.05) is 25.6 Å². The third kappa shape index (κ3) is 4.26. The largest absolute Gasteiger partial charge is 0.511 e. The van der Waals surface area contributed by atoms with E-state index in [0.717, 1.165) is 20.5 Å². The average molecular weight is 283 g/mol. The summed E-state index contributed by atoms with van der Waals surface area (Å²) in [4.78, 5) is 0. The molecule has 1 heterocycles. The molecule has 16 heavy (non-hydrogen) atoms. The van der Waals surface area contributed by atoms with Gasteiger partial charge in [-0.3, -0.25) is 0 Å². The van der Waals surface area contributed by atoms with Gasteiger partial charge in [-0.2, -0.15) is 13.2 Å². The Hall–Kier alpha value is -0.350. The van der Waals surface area contributed by atoms with Gasteiger partial charge in [0.15, 0.2) is 0 Å². The highest BCUT2D eigenvalue weighted by molar-refractivity contribution is 7.92. The fraction of sp³-hybridized carbons (Fsp3) is 1.00. The predicted molar refractivity (Wildman–Crippen MR) is 51.9 cm³/mol. The van der Waals surface area contributed by atoms with Crippen LogP contribution >= 0.6 is 0 Å². The first kappa shape index (κ1) is 15.7. The van der Waals surface area contributed by atoms with Crippen molar-refractivity contribution in [1.82, 2.24) is 4.31 Å². The molecule has 0 spiro atoms. The second kappa shape index (κ2) is 4.88. The van der Waals surface area contributed by atoms with Gasteiger partial charge >= 0.3 is 15.5 Å². The number of rotatable bonds is 1. The first-order valence-electron chi connectivity index (χ1n) is 4.09. The van der Waals surface area contributed by atoms with Crippen molar-refractivity contribution in [3.8, 4) is 0 Å². The first-order chi connectivity index (χ1) is 6.90. The van der Waals surface area contributed by atoms with Crippen LogP contribution in [0.5, 0.6) is 0 Å². The van der Waals surface area contributed by atoms with E-state index in [1.807, 2.05) is 0 Å². The lowest BCUT2D eigenvalue weighted by atomic mass is 10.5. The van der Waals surface area contributed by atoms with Crippen LogP contribution in [0.2, 0.25) is 0 Å². The molecule has 0 radical (unpaired) electrons. The monoisotopic (exact) mass is 283 g/mol. The van der Waals surface area contributed by atoms with E-state index in [9.17, 15) is 30.0 Å². The lowest BCUT2D eigenvalue weighted by molar-refractivity contribution is -0.0476. The number of nitrogens with zero attached hydrogens (tertiary/aromatic N) is 1. The second-order valence-corrected chi connectivity index (χ2v) is 7.69. The van der Waals surface area contributed by atoms with Crippen molar-refractivity contribution < 1.29 is 30.0 Å². The van der Waals surface area contributed by atoms with Crippen molar-refractivity contribution in [2.45, 2.75) is 11.9 Å². The Morgan fingerprint density at radius 2 is 1.44 bits per heavy atom. The highest BCUT2D eigenvalue weighted by Crippen LogP contribution is 2.24. The molecule has 1 aliphatic heterocycles. The van der Waals surface area contributed by atoms with Gasteiger partial charge in [-0.15, -0.1) is 0 Å². The molecule has 0 aliphatic carbocycles. The zero-order valence-corrected chi connectivity index (χ0v) is 10.3. The molecule has 1 aliphatic rings. The average Bonchev–Trinajstić information content (AvgIpc) is 2.00. The Morgan fingerprint density at radius 1 is 1.12 bits per heavy atom. The summed E-state index contributed by atoms with van der Waals surface area (Å²) in [5, 5.41) is 0. The quantitative estimate of drug-likeness (QED) is 0.689. The summed E-state index contributed by atoms with van der Waals surface area (Å²) in [5.74, 6) is 0.847. The Labute approximate surface area is 92.2 Å². The molecular formula is C6H12F3NO4S2. The van der Waals surface area contributed by atoms with Crippen LogP contribution in [0.3, 0.4) is 0 Å². The summed E-state index contributed by atoms with van der Waals surface area (Å²) in [5.41, 5.74) is -5.18. The van der Waals surface area contributed by atoms with Crippen LogP contribution in [0, 0.1) is 0 Å². The summed E-state index contributed by atoms with van der Waals surface area (Å²) < 4.78 is 75.0. The molecule has 98 valence electrons. The molecule has 0 aromatic carbocycles. The number of hydrogen-bond donors (Lipinski definition) is 0. The predicted octanol–water partition coefficient (Wildman–Crippen LogP) is 0.203. The summed E-state index contributed by atoms with van der Waals surface area (Å²) in [6.07, 6.45) is 0.877. The molecule has 0 amide bonds. The van der Waals surface area contributed by atoms with E-state index in [-0.39, 0.29) is 4.31 Å². The van der Waals surface area contributed by atoms with Crippen LogP contribution in [-0.2, 0) is 19.9 Å². The van der Waals surface area contributed by atoms with Crippen molar-refractivity contribution in [1.29, 1.82) is 0 Å². The third-order valence-corrected chi connectivity index (χ3v) is 5.05. The van der Waals surface area contributed by atoms with E-state index >= 15 is 0 Å². The van der Waals surface area contributed by atoms with Crippen LogP contribution in [0.25, 0.3) is 0 Å². The van der Waals surface area contributed by atoms with Gasteiger partial charge in [-0.1, -0.05) is 0 Å². The van der Waals surface area contributed by atoms with Gasteiger partial charge in [0.1, 0.15) is 9.84 Å². The topological polar surface area (TPSA) is 71.5 Å². The van der Waals surface area contributed by atoms with Gasteiger partial charge in [0.05, 0.1) is 11.5 Å². The minimum atomic E-state index is -5.18. The van der Waals surface area contributed by atoms with E-state index in [4.69, 9.17) is 0 Å². The highest BCUT2D eigenvalue weighted by atomic mass is 32.2. The molecule has 5 nitrogen and oxygen atoms in total. The SMILES string of the molecule is CN(C)S(=O)(=O)C(F)(F)F.O=S1(=O)CCC1. The number of hydrogen-bond acceptors (Lipinski definition) is 4. The van der Waals surface area contributed by atoms with Gasteiger partial charge in [0.25, 0.3) is 0 Å². The maximum Gasteiger partial charge on any atom is 0.511 e. The summed E-state index contributed by atoms with van der Waals surface area (Å²) in [6, 6.07) is 0. The van der Waals surface area contributed by atoms with Gasteiger partial charge in [0.2, 0.25) is 0 Å². The van der Waals surface area contributed by atoms with Crippen LogP contribution in [-0.4, -0.2) is 52.3 Å². The Balaban J connectivity index is 0.000000315. The lowest BCUT2D eigenvalue weighted by Gasteiger charge is -2.12. The van der Waals surface area contributed by atoms with Gasteiger partial charge < -0.3 is 0 Å². The molecule has 0 aromatic rings. The smallest absolute Gasteiger partial charge is 0.229 e. The van der Waals surface area contributed by atoms with Gasteiger partial charge in [-0.25, -0.2) is 21.1 Å². The zero-order valence-electron chi connectivity index (χ0n) is 8.65. The maximum absolute atomic E-state index is 11.5. The first-order valence-corrected chi connectivity index (χ1v) is 7.35. The van der Waals surface area contributed by atoms with Gasteiger partial charge in [0, 0.05) is 14.1 Å². The van der Waals surface area contributed by atoms with Crippen molar-refractivity contribution in [2.24, 2.45) is 0 Å². The van der Waals surface area contributed by atoms with Crippen LogP contribution in [0.4, 0.5) is 13.2 Å². The number of halogens is 3. The minimum Gasteiger partial charge on any atom is -0.229 e. The third-order valence-electron chi connectivity index (χ3n) is 1.68. The molecule has 1 rings (SSSR count). The van der Waals surface area contributed by atoms with Crippen molar-refractivity contribution in [3.05, 3.63) is 0 Å². The number of sulfone groups is 1. The van der Waals surface area contributed by atoms with E-state index in [1.54, 1.807) is 0 Å². The molecule has 0 atom stereocenters. The molecule has 10 heteroatoms. The molecule has 1 saturated heterocycles. The van der Waals surface area contributed by atoms with Crippen molar-refractivity contribution >= 4 is 19.9 Å². The maximum atomic E-state index is 11.5. The molecule has 0 bridgehead atoms. The minimum absolute atomic E-state index is 0.118. The Morgan fingerprint density at radius 3 is 1.44 bits per heavy atom. The number of sulfonamides is 1.